The Labute approximate surface area is 107 Å². The lowest BCUT2D eigenvalue weighted by Gasteiger charge is -2.30. The topological polar surface area (TPSA) is 9.23 Å². The SMILES string of the molecule is [CH2-]CC(C)CCC1=CC=C(C)C(C)C1OCC. The van der Waals surface area contributed by atoms with Crippen molar-refractivity contribution in [3.05, 3.63) is 30.2 Å². The van der Waals surface area contributed by atoms with Gasteiger partial charge in [0.15, 0.2) is 0 Å². The van der Waals surface area contributed by atoms with Crippen molar-refractivity contribution in [2.24, 2.45) is 11.8 Å². The molecule has 0 amide bonds. The van der Waals surface area contributed by atoms with Crippen LogP contribution in [-0.2, 0) is 4.74 Å². The van der Waals surface area contributed by atoms with Crippen LogP contribution in [0, 0.1) is 18.8 Å². The highest BCUT2D eigenvalue weighted by Crippen LogP contribution is 2.31. The zero-order valence-corrected chi connectivity index (χ0v) is 11.8. The van der Waals surface area contributed by atoms with E-state index in [0.717, 1.165) is 19.4 Å². The molecule has 0 fully saturated rings. The average Bonchev–Trinajstić information content (AvgIpc) is 2.33. The van der Waals surface area contributed by atoms with Crippen LogP contribution >= 0.6 is 0 Å². The number of hydrogen-bond donors (Lipinski definition) is 0. The molecule has 0 aromatic heterocycles. The van der Waals surface area contributed by atoms with E-state index in [1.165, 1.54) is 17.6 Å². The van der Waals surface area contributed by atoms with Crippen molar-refractivity contribution < 1.29 is 4.74 Å². The second-order valence-corrected chi connectivity index (χ2v) is 5.25. The molecule has 0 aromatic rings. The van der Waals surface area contributed by atoms with Crippen LogP contribution in [0.5, 0.6) is 0 Å². The van der Waals surface area contributed by atoms with Gasteiger partial charge in [0.05, 0.1) is 6.10 Å². The highest BCUT2D eigenvalue weighted by atomic mass is 16.5. The monoisotopic (exact) mass is 235 g/mol. The van der Waals surface area contributed by atoms with E-state index >= 15 is 0 Å². The predicted molar refractivity (Wildman–Crippen MR) is 74.8 cm³/mol. The number of hydrogen-bond acceptors (Lipinski definition) is 1. The van der Waals surface area contributed by atoms with Crippen molar-refractivity contribution in [1.29, 1.82) is 0 Å². The zero-order chi connectivity index (χ0) is 12.8. The Bertz CT molecular complexity index is 288. The van der Waals surface area contributed by atoms with Crippen molar-refractivity contribution in [2.75, 3.05) is 6.61 Å². The van der Waals surface area contributed by atoms with Gasteiger partial charge in [0.1, 0.15) is 0 Å². The summed E-state index contributed by atoms with van der Waals surface area (Å²) in [5, 5.41) is 0. The second-order valence-electron chi connectivity index (χ2n) is 5.25. The van der Waals surface area contributed by atoms with Crippen LogP contribution in [0.3, 0.4) is 0 Å². The summed E-state index contributed by atoms with van der Waals surface area (Å²) in [5.41, 5.74) is 2.89. The van der Waals surface area contributed by atoms with Gasteiger partial charge in [-0.25, -0.2) is 0 Å². The third-order valence-corrected chi connectivity index (χ3v) is 3.86. The number of rotatable bonds is 6. The second kappa shape index (κ2) is 7.00. The number of allylic oxidation sites excluding steroid dienone is 2. The minimum Gasteiger partial charge on any atom is -0.374 e. The van der Waals surface area contributed by atoms with Crippen LogP contribution in [0.2, 0.25) is 0 Å². The van der Waals surface area contributed by atoms with Gasteiger partial charge in [0, 0.05) is 12.5 Å². The first-order chi connectivity index (χ1) is 8.10. The fourth-order valence-electron chi connectivity index (χ4n) is 2.26. The molecule has 0 radical (unpaired) electrons. The van der Waals surface area contributed by atoms with E-state index in [9.17, 15) is 0 Å². The first kappa shape index (κ1) is 14.5. The molecule has 0 N–H and O–H groups in total. The van der Waals surface area contributed by atoms with Crippen LogP contribution in [-0.4, -0.2) is 12.7 Å². The van der Waals surface area contributed by atoms with Gasteiger partial charge < -0.3 is 11.7 Å². The lowest BCUT2D eigenvalue weighted by Crippen LogP contribution is -2.27. The van der Waals surface area contributed by atoms with Crippen molar-refractivity contribution in [3.8, 4) is 0 Å². The summed E-state index contributed by atoms with van der Waals surface area (Å²) < 4.78 is 5.92. The van der Waals surface area contributed by atoms with Gasteiger partial charge >= 0.3 is 0 Å². The Morgan fingerprint density at radius 2 is 2.12 bits per heavy atom. The first-order valence-electron chi connectivity index (χ1n) is 6.88. The van der Waals surface area contributed by atoms with Gasteiger partial charge in [0.2, 0.25) is 0 Å². The van der Waals surface area contributed by atoms with Crippen molar-refractivity contribution in [3.63, 3.8) is 0 Å². The van der Waals surface area contributed by atoms with Gasteiger partial charge in [-0.1, -0.05) is 37.5 Å². The van der Waals surface area contributed by atoms with Gasteiger partial charge in [0.25, 0.3) is 0 Å². The number of ether oxygens (including phenoxy) is 1. The average molecular weight is 235 g/mol. The maximum absolute atomic E-state index is 5.92. The predicted octanol–water partition coefficient (Wildman–Crippen LogP) is 4.55. The minimum atomic E-state index is 0.294. The third-order valence-electron chi connectivity index (χ3n) is 3.86. The molecule has 3 atom stereocenters. The summed E-state index contributed by atoms with van der Waals surface area (Å²) >= 11 is 0. The maximum atomic E-state index is 5.92. The van der Waals surface area contributed by atoms with Crippen molar-refractivity contribution >= 4 is 0 Å². The molecule has 17 heavy (non-hydrogen) atoms. The van der Waals surface area contributed by atoms with E-state index in [4.69, 9.17) is 4.74 Å². The third kappa shape index (κ3) is 3.99. The van der Waals surface area contributed by atoms with E-state index in [-0.39, 0.29) is 0 Å². The molecule has 0 bridgehead atoms. The molecule has 0 spiro atoms. The fourth-order valence-corrected chi connectivity index (χ4v) is 2.26. The molecule has 1 nitrogen and oxygen atoms in total. The molecule has 0 saturated heterocycles. The van der Waals surface area contributed by atoms with E-state index < -0.39 is 0 Å². The Morgan fingerprint density at radius 3 is 2.71 bits per heavy atom. The standard InChI is InChI=1S/C16H27O/c1-6-12(3)8-10-15-11-9-13(4)14(5)16(15)17-7-2/h9,11-12,14,16H,1,6-8,10H2,2-5H3/q-1. The Morgan fingerprint density at radius 1 is 1.41 bits per heavy atom. The van der Waals surface area contributed by atoms with Crippen LogP contribution < -0.4 is 0 Å². The summed E-state index contributed by atoms with van der Waals surface area (Å²) in [6.45, 7) is 13.6. The minimum absolute atomic E-state index is 0.294. The molecule has 0 heterocycles. The summed E-state index contributed by atoms with van der Waals surface area (Å²) in [4.78, 5) is 0. The van der Waals surface area contributed by atoms with Gasteiger partial charge in [-0.15, -0.1) is 0 Å². The molecule has 1 heteroatoms. The van der Waals surface area contributed by atoms with E-state index in [1.54, 1.807) is 0 Å². The van der Waals surface area contributed by atoms with E-state index in [0.29, 0.717) is 17.9 Å². The van der Waals surface area contributed by atoms with E-state index in [2.05, 4.69) is 46.8 Å². The van der Waals surface area contributed by atoms with Gasteiger partial charge in [-0.3, -0.25) is 0 Å². The summed E-state index contributed by atoms with van der Waals surface area (Å²) in [6, 6.07) is 0. The Balaban J connectivity index is 2.66. The lowest BCUT2D eigenvalue weighted by atomic mass is 9.83. The largest absolute Gasteiger partial charge is 0.374 e. The highest BCUT2D eigenvalue weighted by Gasteiger charge is 2.25. The molecule has 98 valence electrons. The Kier molecular flexibility index (Phi) is 5.97. The molecule has 0 aliphatic heterocycles. The fraction of sp³-hybridized carbons (Fsp3) is 0.688. The van der Waals surface area contributed by atoms with Gasteiger partial charge in [-0.05, 0) is 32.3 Å². The summed E-state index contributed by atoms with van der Waals surface area (Å²) in [7, 11) is 0. The summed E-state index contributed by atoms with van der Waals surface area (Å²) in [5.74, 6) is 1.23. The van der Waals surface area contributed by atoms with Crippen LogP contribution in [0.15, 0.2) is 23.3 Å². The smallest absolute Gasteiger partial charge is 0.0850 e. The maximum Gasteiger partial charge on any atom is 0.0850 e. The van der Waals surface area contributed by atoms with Crippen LogP contribution in [0.4, 0.5) is 0 Å². The Hall–Kier alpha value is -0.560. The quantitative estimate of drug-likeness (QED) is 0.613. The van der Waals surface area contributed by atoms with Crippen LogP contribution in [0.1, 0.15) is 47.0 Å². The van der Waals surface area contributed by atoms with Crippen LogP contribution in [0.25, 0.3) is 0 Å². The molecular formula is C16H27O-. The first-order valence-corrected chi connectivity index (χ1v) is 6.88. The molecular weight excluding hydrogens is 208 g/mol. The lowest BCUT2D eigenvalue weighted by molar-refractivity contribution is 0.0571. The van der Waals surface area contributed by atoms with Crippen molar-refractivity contribution in [2.45, 2.75) is 53.1 Å². The molecule has 0 saturated carbocycles. The van der Waals surface area contributed by atoms with Gasteiger partial charge in [-0.2, -0.15) is 6.42 Å². The normalized spacial score (nSPS) is 26.4. The molecule has 1 aliphatic carbocycles. The van der Waals surface area contributed by atoms with Crippen molar-refractivity contribution in [1.82, 2.24) is 0 Å². The zero-order valence-electron chi connectivity index (χ0n) is 11.8. The highest BCUT2D eigenvalue weighted by molar-refractivity contribution is 5.29. The molecule has 1 rings (SSSR count). The summed E-state index contributed by atoms with van der Waals surface area (Å²) in [6.07, 6.45) is 8.21. The molecule has 3 unspecified atom stereocenters. The molecule has 1 aliphatic rings. The molecule has 0 aromatic carbocycles. The van der Waals surface area contributed by atoms with E-state index in [1.807, 2.05) is 0 Å².